The highest BCUT2D eigenvalue weighted by atomic mass is 32.2. The van der Waals surface area contributed by atoms with Crippen molar-refractivity contribution in [2.45, 2.75) is 70.1 Å². The third kappa shape index (κ3) is 3.33. The molecule has 0 bridgehead atoms. The van der Waals surface area contributed by atoms with Gasteiger partial charge in [0.25, 0.3) is 0 Å². The minimum atomic E-state index is -2.96. The molecular formula is C15H28O3S. The van der Waals surface area contributed by atoms with Crippen molar-refractivity contribution in [1.29, 1.82) is 0 Å². The van der Waals surface area contributed by atoms with E-state index in [9.17, 15) is 13.5 Å². The van der Waals surface area contributed by atoms with E-state index in [1.807, 2.05) is 0 Å². The van der Waals surface area contributed by atoms with Crippen molar-refractivity contribution in [2.24, 2.45) is 17.3 Å². The molecule has 4 heteroatoms. The summed E-state index contributed by atoms with van der Waals surface area (Å²) in [6.45, 7) is 4.48. The summed E-state index contributed by atoms with van der Waals surface area (Å²) < 4.78 is 23.4. The third-order valence-corrected chi connectivity index (χ3v) is 7.15. The van der Waals surface area contributed by atoms with Gasteiger partial charge in [-0.15, -0.1) is 0 Å². The van der Waals surface area contributed by atoms with Gasteiger partial charge in [-0.05, 0) is 49.4 Å². The van der Waals surface area contributed by atoms with E-state index >= 15 is 0 Å². The SMILES string of the molecule is CC1(C)CCCC1C(O)C1CCCC(S(C)(=O)=O)C1. The first-order valence-corrected chi connectivity index (χ1v) is 9.54. The largest absolute Gasteiger partial charge is 0.393 e. The van der Waals surface area contributed by atoms with Gasteiger partial charge in [0.2, 0.25) is 0 Å². The van der Waals surface area contributed by atoms with Crippen molar-refractivity contribution in [1.82, 2.24) is 0 Å². The fraction of sp³-hybridized carbons (Fsp3) is 1.00. The highest BCUT2D eigenvalue weighted by molar-refractivity contribution is 7.91. The number of rotatable bonds is 3. The molecule has 0 aromatic rings. The average molecular weight is 288 g/mol. The van der Waals surface area contributed by atoms with Crippen molar-refractivity contribution in [2.75, 3.05) is 6.26 Å². The maximum absolute atomic E-state index is 11.7. The van der Waals surface area contributed by atoms with Crippen LogP contribution in [0.3, 0.4) is 0 Å². The zero-order valence-corrected chi connectivity index (χ0v) is 13.2. The van der Waals surface area contributed by atoms with Crippen molar-refractivity contribution >= 4 is 9.84 Å². The molecule has 2 aliphatic carbocycles. The van der Waals surface area contributed by atoms with Gasteiger partial charge in [-0.1, -0.05) is 26.7 Å². The van der Waals surface area contributed by atoms with Crippen LogP contribution < -0.4 is 0 Å². The second-order valence-electron chi connectivity index (χ2n) is 7.36. The van der Waals surface area contributed by atoms with Gasteiger partial charge in [0.05, 0.1) is 11.4 Å². The molecule has 0 spiro atoms. The number of aliphatic hydroxyl groups is 1. The number of hydrogen-bond donors (Lipinski definition) is 1. The molecule has 1 N–H and O–H groups in total. The van der Waals surface area contributed by atoms with Crippen LogP contribution in [0.25, 0.3) is 0 Å². The molecule has 19 heavy (non-hydrogen) atoms. The molecule has 0 aromatic carbocycles. The smallest absolute Gasteiger partial charge is 0.150 e. The van der Waals surface area contributed by atoms with Crippen LogP contribution in [0.15, 0.2) is 0 Å². The quantitative estimate of drug-likeness (QED) is 0.869. The van der Waals surface area contributed by atoms with E-state index in [2.05, 4.69) is 13.8 Å². The van der Waals surface area contributed by atoms with E-state index in [-0.39, 0.29) is 22.7 Å². The number of aliphatic hydroxyl groups excluding tert-OH is 1. The minimum absolute atomic E-state index is 0.177. The molecule has 2 saturated carbocycles. The van der Waals surface area contributed by atoms with Gasteiger partial charge in [-0.3, -0.25) is 0 Å². The molecule has 0 aromatic heterocycles. The van der Waals surface area contributed by atoms with Crippen LogP contribution >= 0.6 is 0 Å². The van der Waals surface area contributed by atoms with E-state index in [0.29, 0.717) is 12.3 Å². The van der Waals surface area contributed by atoms with Gasteiger partial charge in [-0.25, -0.2) is 8.42 Å². The molecule has 0 aliphatic heterocycles. The van der Waals surface area contributed by atoms with Gasteiger partial charge >= 0.3 is 0 Å². The van der Waals surface area contributed by atoms with Crippen molar-refractivity contribution in [3.8, 4) is 0 Å². The molecule has 2 aliphatic rings. The first-order chi connectivity index (χ1) is 8.72. The monoisotopic (exact) mass is 288 g/mol. The minimum Gasteiger partial charge on any atom is -0.393 e. The van der Waals surface area contributed by atoms with Gasteiger partial charge < -0.3 is 5.11 Å². The van der Waals surface area contributed by atoms with Crippen LogP contribution in [-0.4, -0.2) is 31.1 Å². The van der Waals surface area contributed by atoms with E-state index in [0.717, 1.165) is 25.7 Å². The molecule has 2 fully saturated rings. The Hall–Kier alpha value is -0.0900. The molecule has 4 atom stereocenters. The standard InChI is InChI=1S/C15H28O3S/c1-15(2)9-5-8-13(15)14(16)11-6-4-7-12(10-11)19(3,17)18/h11-14,16H,4-10H2,1-3H3. The van der Waals surface area contributed by atoms with Crippen LogP contribution in [0.5, 0.6) is 0 Å². The molecule has 3 nitrogen and oxygen atoms in total. The molecular weight excluding hydrogens is 260 g/mol. The summed E-state index contributed by atoms with van der Waals surface area (Å²) in [7, 11) is -2.96. The Morgan fingerprint density at radius 3 is 2.37 bits per heavy atom. The summed E-state index contributed by atoms with van der Waals surface area (Å²) >= 11 is 0. The van der Waals surface area contributed by atoms with Crippen LogP contribution in [0.1, 0.15) is 58.8 Å². The predicted molar refractivity (Wildman–Crippen MR) is 77.7 cm³/mol. The fourth-order valence-corrected chi connectivity index (χ4v) is 5.39. The average Bonchev–Trinajstić information content (AvgIpc) is 2.67. The van der Waals surface area contributed by atoms with Crippen molar-refractivity contribution in [3.05, 3.63) is 0 Å². The summed E-state index contributed by atoms with van der Waals surface area (Å²) in [4.78, 5) is 0. The molecule has 4 unspecified atom stereocenters. The molecule has 0 heterocycles. The summed E-state index contributed by atoms with van der Waals surface area (Å²) in [6, 6.07) is 0. The molecule has 112 valence electrons. The molecule has 2 rings (SSSR count). The van der Waals surface area contributed by atoms with Crippen molar-refractivity contribution in [3.63, 3.8) is 0 Å². The topological polar surface area (TPSA) is 54.4 Å². The Morgan fingerprint density at radius 1 is 1.16 bits per heavy atom. The zero-order chi connectivity index (χ0) is 14.3. The number of sulfone groups is 1. The maximum Gasteiger partial charge on any atom is 0.150 e. The summed E-state index contributed by atoms with van der Waals surface area (Å²) in [6.07, 6.45) is 7.84. The molecule has 0 saturated heterocycles. The highest BCUT2D eigenvalue weighted by Gasteiger charge is 2.43. The second kappa shape index (κ2) is 5.36. The molecule has 0 amide bonds. The van der Waals surface area contributed by atoms with Crippen LogP contribution in [-0.2, 0) is 9.84 Å². The third-order valence-electron chi connectivity index (χ3n) is 5.51. The van der Waals surface area contributed by atoms with Crippen LogP contribution in [0.4, 0.5) is 0 Å². The number of hydrogen-bond acceptors (Lipinski definition) is 3. The Kier molecular flexibility index (Phi) is 4.32. The lowest BCUT2D eigenvalue weighted by molar-refractivity contribution is -0.00293. The molecule has 0 radical (unpaired) electrons. The van der Waals surface area contributed by atoms with E-state index in [1.54, 1.807) is 0 Å². The zero-order valence-electron chi connectivity index (χ0n) is 12.4. The first-order valence-electron chi connectivity index (χ1n) is 7.59. The van der Waals surface area contributed by atoms with Crippen LogP contribution in [0, 0.1) is 17.3 Å². The van der Waals surface area contributed by atoms with Gasteiger partial charge in [0.1, 0.15) is 9.84 Å². The van der Waals surface area contributed by atoms with Gasteiger partial charge in [0, 0.05) is 6.26 Å². The summed E-state index contributed by atoms with van der Waals surface area (Å²) in [5, 5.41) is 10.5. The predicted octanol–water partition coefficient (Wildman–Crippen LogP) is 2.78. The van der Waals surface area contributed by atoms with E-state index in [1.165, 1.54) is 19.1 Å². The Morgan fingerprint density at radius 2 is 1.84 bits per heavy atom. The lowest BCUT2D eigenvalue weighted by Gasteiger charge is -2.38. The second-order valence-corrected chi connectivity index (χ2v) is 9.68. The fourth-order valence-electron chi connectivity index (χ4n) is 4.20. The lowest BCUT2D eigenvalue weighted by atomic mass is 9.72. The van der Waals surface area contributed by atoms with Gasteiger partial charge in [-0.2, -0.15) is 0 Å². The van der Waals surface area contributed by atoms with E-state index < -0.39 is 9.84 Å². The Labute approximate surface area is 117 Å². The Balaban J connectivity index is 2.05. The normalized spacial score (nSPS) is 37.2. The van der Waals surface area contributed by atoms with E-state index in [4.69, 9.17) is 0 Å². The Bertz CT molecular complexity index is 413. The lowest BCUT2D eigenvalue weighted by Crippen LogP contribution is -2.40. The van der Waals surface area contributed by atoms with Crippen LogP contribution in [0.2, 0.25) is 0 Å². The highest BCUT2D eigenvalue weighted by Crippen LogP contribution is 2.47. The summed E-state index contributed by atoms with van der Waals surface area (Å²) in [5.41, 5.74) is 0.206. The maximum atomic E-state index is 11.7. The van der Waals surface area contributed by atoms with Gasteiger partial charge in [0.15, 0.2) is 0 Å². The summed E-state index contributed by atoms with van der Waals surface area (Å²) in [5.74, 6) is 0.520. The van der Waals surface area contributed by atoms with Crippen molar-refractivity contribution < 1.29 is 13.5 Å². The first kappa shape index (κ1) is 15.3.